The molecule has 0 saturated heterocycles. The van der Waals surface area contributed by atoms with Gasteiger partial charge in [-0.1, -0.05) is 17.8 Å². The Morgan fingerprint density at radius 3 is 2.29 bits per heavy atom. The molecule has 0 aromatic heterocycles. The van der Waals surface area contributed by atoms with Crippen molar-refractivity contribution >= 4 is 9.24 Å². The quantitative estimate of drug-likeness (QED) is 0.423. The van der Waals surface area contributed by atoms with Crippen LogP contribution < -0.4 is 0 Å². The van der Waals surface area contributed by atoms with E-state index in [1.165, 1.54) is 11.7 Å². The van der Waals surface area contributed by atoms with E-state index >= 15 is 0 Å². The Balaban J connectivity index is 2.65. The molecule has 0 amide bonds. The zero-order valence-corrected chi connectivity index (χ0v) is 6.02. The molecule has 0 radical (unpaired) electrons. The molecule has 0 aromatic rings. The smallest absolute Gasteiger partial charge is 0.0154 e. The average Bonchev–Trinajstić information content (AvgIpc) is 1.68. The maximum atomic E-state index is 2.78. The Labute approximate surface area is 47.2 Å². The minimum absolute atomic E-state index is 0.852. The summed E-state index contributed by atoms with van der Waals surface area (Å²) in [5, 5.41) is 1.53. The van der Waals surface area contributed by atoms with Gasteiger partial charge in [0.25, 0.3) is 0 Å². The standard InChI is InChI=1S/C6H11P/c1-4-3-5(2)6(4)7/h4H,3,7H2,1-2H3. The first kappa shape index (κ1) is 5.31. The van der Waals surface area contributed by atoms with Gasteiger partial charge in [0, 0.05) is 0 Å². The number of hydrogen-bond acceptors (Lipinski definition) is 0. The van der Waals surface area contributed by atoms with E-state index in [1.54, 1.807) is 5.57 Å². The molecule has 0 nitrogen and oxygen atoms in total. The number of hydrogen-bond donors (Lipinski definition) is 0. The maximum absolute atomic E-state index is 2.78. The van der Waals surface area contributed by atoms with Crippen molar-refractivity contribution in [3.8, 4) is 0 Å². The lowest BCUT2D eigenvalue weighted by atomic mass is 9.89. The highest BCUT2D eigenvalue weighted by Gasteiger charge is 2.17. The van der Waals surface area contributed by atoms with E-state index in [-0.39, 0.29) is 0 Å². The van der Waals surface area contributed by atoms with Gasteiger partial charge < -0.3 is 0 Å². The van der Waals surface area contributed by atoms with Crippen LogP contribution in [0.1, 0.15) is 20.3 Å². The third kappa shape index (κ3) is 0.724. The molecular weight excluding hydrogens is 103 g/mol. The fourth-order valence-electron chi connectivity index (χ4n) is 0.977. The molecule has 40 valence electrons. The lowest BCUT2D eigenvalue weighted by molar-refractivity contribution is 0.624. The molecule has 2 atom stereocenters. The first-order valence-electron chi connectivity index (χ1n) is 2.67. The van der Waals surface area contributed by atoms with E-state index in [1.807, 2.05) is 0 Å². The summed E-state index contributed by atoms with van der Waals surface area (Å²) in [5.74, 6) is 0.852. The fraction of sp³-hybridized carbons (Fsp3) is 0.667. The largest absolute Gasteiger partial charge is 0.110 e. The van der Waals surface area contributed by atoms with Gasteiger partial charge in [-0.05, 0) is 19.3 Å². The number of rotatable bonds is 0. The first-order valence-corrected chi connectivity index (χ1v) is 3.24. The van der Waals surface area contributed by atoms with Crippen molar-refractivity contribution < 1.29 is 0 Å². The second-order valence-electron chi connectivity index (χ2n) is 2.34. The van der Waals surface area contributed by atoms with Crippen LogP contribution in [0.25, 0.3) is 0 Å². The molecule has 0 aliphatic heterocycles. The molecule has 1 rings (SSSR count). The fourth-order valence-corrected chi connectivity index (χ4v) is 1.21. The Bertz CT molecular complexity index is 113. The van der Waals surface area contributed by atoms with Crippen molar-refractivity contribution in [3.63, 3.8) is 0 Å². The lowest BCUT2D eigenvalue weighted by Gasteiger charge is -2.25. The van der Waals surface area contributed by atoms with Crippen molar-refractivity contribution in [2.24, 2.45) is 5.92 Å². The lowest BCUT2D eigenvalue weighted by Crippen LogP contribution is -2.07. The van der Waals surface area contributed by atoms with Gasteiger partial charge in [0.2, 0.25) is 0 Å². The second-order valence-corrected chi connectivity index (χ2v) is 2.96. The third-order valence-corrected chi connectivity index (χ3v) is 2.70. The summed E-state index contributed by atoms with van der Waals surface area (Å²) in [5.41, 5.74) is 1.57. The van der Waals surface area contributed by atoms with Crippen LogP contribution in [-0.2, 0) is 0 Å². The molecule has 0 aromatic carbocycles. The number of allylic oxidation sites excluding steroid dienone is 2. The molecular formula is C6H11P. The molecule has 0 fully saturated rings. The normalized spacial score (nSPS) is 30.4. The predicted octanol–water partition coefficient (Wildman–Crippen LogP) is 2.18. The van der Waals surface area contributed by atoms with Crippen LogP contribution >= 0.6 is 9.24 Å². The van der Waals surface area contributed by atoms with Gasteiger partial charge in [0.15, 0.2) is 0 Å². The molecule has 1 heteroatoms. The maximum Gasteiger partial charge on any atom is -0.0154 e. The minimum Gasteiger partial charge on any atom is -0.110 e. The van der Waals surface area contributed by atoms with Gasteiger partial charge in [-0.2, -0.15) is 0 Å². The highest BCUT2D eigenvalue weighted by atomic mass is 31.0. The van der Waals surface area contributed by atoms with Crippen LogP contribution in [0.4, 0.5) is 0 Å². The van der Waals surface area contributed by atoms with E-state index in [4.69, 9.17) is 0 Å². The van der Waals surface area contributed by atoms with Gasteiger partial charge >= 0.3 is 0 Å². The first-order chi connectivity index (χ1) is 3.22. The van der Waals surface area contributed by atoms with Gasteiger partial charge in [0.05, 0.1) is 0 Å². The van der Waals surface area contributed by atoms with E-state index in [0.29, 0.717) is 0 Å². The Kier molecular flexibility index (Phi) is 1.21. The van der Waals surface area contributed by atoms with Gasteiger partial charge in [-0.25, -0.2) is 0 Å². The zero-order valence-electron chi connectivity index (χ0n) is 4.86. The van der Waals surface area contributed by atoms with E-state index < -0.39 is 0 Å². The predicted molar refractivity (Wildman–Crippen MR) is 36.2 cm³/mol. The van der Waals surface area contributed by atoms with E-state index in [0.717, 1.165) is 5.92 Å². The molecule has 1 aliphatic carbocycles. The summed E-state index contributed by atoms with van der Waals surface area (Å²) in [6.07, 6.45) is 1.32. The molecule has 0 heterocycles. The van der Waals surface area contributed by atoms with Gasteiger partial charge in [-0.15, -0.1) is 9.24 Å². The van der Waals surface area contributed by atoms with Crippen LogP contribution in [0.2, 0.25) is 0 Å². The summed E-state index contributed by atoms with van der Waals surface area (Å²) in [4.78, 5) is 0. The Hall–Kier alpha value is 0.170. The van der Waals surface area contributed by atoms with Crippen molar-refractivity contribution in [2.45, 2.75) is 20.3 Å². The van der Waals surface area contributed by atoms with E-state index in [9.17, 15) is 0 Å². The SMILES string of the molecule is CC1=C(P)C(C)C1. The van der Waals surface area contributed by atoms with Gasteiger partial charge in [-0.3, -0.25) is 0 Å². The molecule has 2 unspecified atom stereocenters. The van der Waals surface area contributed by atoms with Crippen molar-refractivity contribution in [2.75, 3.05) is 0 Å². The third-order valence-electron chi connectivity index (χ3n) is 1.64. The van der Waals surface area contributed by atoms with Crippen LogP contribution in [0.5, 0.6) is 0 Å². The molecule has 0 N–H and O–H groups in total. The topological polar surface area (TPSA) is 0 Å². The van der Waals surface area contributed by atoms with Crippen LogP contribution in [0.3, 0.4) is 0 Å². The highest BCUT2D eigenvalue weighted by Crippen LogP contribution is 2.37. The molecule has 0 spiro atoms. The zero-order chi connectivity index (χ0) is 5.44. The summed E-state index contributed by atoms with van der Waals surface area (Å²) >= 11 is 0. The van der Waals surface area contributed by atoms with Crippen LogP contribution in [0.15, 0.2) is 10.9 Å². The Morgan fingerprint density at radius 1 is 1.71 bits per heavy atom. The van der Waals surface area contributed by atoms with Crippen LogP contribution in [0, 0.1) is 5.92 Å². The van der Waals surface area contributed by atoms with E-state index in [2.05, 4.69) is 23.1 Å². The molecule has 7 heavy (non-hydrogen) atoms. The molecule has 0 saturated carbocycles. The summed E-state index contributed by atoms with van der Waals surface area (Å²) in [6.45, 7) is 4.46. The van der Waals surface area contributed by atoms with Crippen molar-refractivity contribution in [1.29, 1.82) is 0 Å². The molecule has 1 aliphatic rings. The van der Waals surface area contributed by atoms with Crippen LogP contribution in [-0.4, -0.2) is 0 Å². The summed E-state index contributed by atoms with van der Waals surface area (Å²) in [6, 6.07) is 0. The van der Waals surface area contributed by atoms with Crippen molar-refractivity contribution in [3.05, 3.63) is 10.9 Å². The second kappa shape index (κ2) is 1.59. The average molecular weight is 114 g/mol. The Morgan fingerprint density at radius 2 is 2.29 bits per heavy atom. The molecule has 0 bridgehead atoms. The minimum atomic E-state index is 0.852. The summed E-state index contributed by atoms with van der Waals surface area (Å²) < 4.78 is 0. The van der Waals surface area contributed by atoms with Crippen molar-refractivity contribution in [1.82, 2.24) is 0 Å². The van der Waals surface area contributed by atoms with Gasteiger partial charge in [0.1, 0.15) is 0 Å². The monoisotopic (exact) mass is 114 g/mol. The summed E-state index contributed by atoms with van der Waals surface area (Å²) in [7, 11) is 2.78. The highest BCUT2D eigenvalue weighted by molar-refractivity contribution is 7.22.